The predicted molar refractivity (Wildman–Crippen MR) is 81.2 cm³/mol. The molecule has 3 heterocycles. The minimum atomic E-state index is -1.87. The van der Waals surface area contributed by atoms with Crippen LogP contribution in [-0.4, -0.2) is 41.7 Å². The van der Waals surface area contributed by atoms with Crippen molar-refractivity contribution >= 4 is 28.6 Å². The summed E-state index contributed by atoms with van der Waals surface area (Å²) in [4.78, 5) is 20.0. The van der Waals surface area contributed by atoms with Crippen LogP contribution in [0.3, 0.4) is 0 Å². The van der Waals surface area contributed by atoms with Crippen molar-refractivity contribution < 1.29 is 13.9 Å². The average Bonchev–Trinajstić information content (AvgIpc) is 3.19. The highest BCUT2D eigenvalue weighted by Crippen LogP contribution is 2.32. The largest absolute Gasteiger partial charge is 0.467 e. The predicted octanol–water partition coefficient (Wildman–Crippen LogP) is 2.96. The molecule has 21 heavy (non-hydrogen) atoms. The van der Waals surface area contributed by atoms with Crippen molar-refractivity contribution in [1.82, 2.24) is 9.88 Å². The molecule has 4 nitrogen and oxygen atoms in total. The van der Waals surface area contributed by atoms with Crippen LogP contribution < -0.4 is 0 Å². The fraction of sp³-hybridized carbons (Fsp3) is 0.429. The molecule has 1 aliphatic heterocycles. The van der Waals surface area contributed by atoms with Gasteiger partial charge in [-0.3, -0.25) is 4.90 Å². The molecule has 2 aromatic rings. The van der Waals surface area contributed by atoms with Gasteiger partial charge in [0.25, 0.3) is 0 Å². The van der Waals surface area contributed by atoms with Crippen LogP contribution in [0.1, 0.15) is 11.3 Å². The van der Waals surface area contributed by atoms with Gasteiger partial charge in [0.15, 0.2) is 0 Å². The average molecular weight is 326 g/mol. The molecular weight excluding hydrogens is 311 g/mol. The van der Waals surface area contributed by atoms with Gasteiger partial charge in [0, 0.05) is 37.1 Å². The van der Waals surface area contributed by atoms with E-state index in [1.165, 1.54) is 7.11 Å². The van der Waals surface area contributed by atoms with Crippen LogP contribution in [-0.2, 0) is 16.1 Å². The highest BCUT2D eigenvalue weighted by Gasteiger charge is 2.46. The molecule has 0 aromatic carbocycles. The molecule has 3 rings (SSSR count). The summed E-state index contributed by atoms with van der Waals surface area (Å²) >= 11 is 3.26. The Bertz CT molecular complexity index is 629. The van der Waals surface area contributed by atoms with Crippen LogP contribution >= 0.6 is 22.7 Å². The first-order chi connectivity index (χ1) is 10.1. The van der Waals surface area contributed by atoms with Crippen molar-refractivity contribution in [3.63, 3.8) is 0 Å². The number of ether oxygens (including phenoxy) is 1. The molecule has 0 amide bonds. The van der Waals surface area contributed by atoms with E-state index in [2.05, 4.69) is 9.72 Å². The van der Waals surface area contributed by atoms with Gasteiger partial charge in [-0.15, -0.1) is 22.7 Å². The molecule has 0 radical (unpaired) electrons. The number of halogens is 1. The van der Waals surface area contributed by atoms with Gasteiger partial charge in [0.1, 0.15) is 5.01 Å². The zero-order valence-corrected chi connectivity index (χ0v) is 13.2. The number of esters is 1. The van der Waals surface area contributed by atoms with Gasteiger partial charge in [-0.25, -0.2) is 14.2 Å². The lowest BCUT2D eigenvalue weighted by Gasteiger charge is -2.17. The monoisotopic (exact) mass is 326 g/mol. The Morgan fingerprint density at radius 2 is 2.48 bits per heavy atom. The Morgan fingerprint density at radius 3 is 3.19 bits per heavy atom. The van der Waals surface area contributed by atoms with Crippen molar-refractivity contribution in [3.8, 4) is 9.88 Å². The van der Waals surface area contributed by atoms with E-state index < -0.39 is 11.6 Å². The number of thiazole rings is 1. The fourth-order valence-electron chi connectivity index (χ4n) is 2.45. The summed E-state index contributed by atoms with van der Waals surface area (Å²) in [6.07, 6.45) is 2.02. The maximum Gasteiger partial charge on any atom is 0.345 e. The molecule has 0 aliphatic carbocycles. The van der Waals surface area contributed by atoms with Crippen molar-refractivity contribution in [2.75, 3.05) is 20.2 Å². The molecule has 2 aromatic heterocycles. The van der Waals surface area contributed by atoms with Crippen LogP contribution in [0.4, 0.5) is 4.39 Å². The third-order valence-corrected chi connectivity index (χ3v) is 5.54. The number of rotatable bonds is 4. The number of thiophene rings is 1. The molecule has 0 bridgehead atoms. The van der Waals surface area contributed by atoms with E-state index in [0.717, 1.165) is 14.8 Å². The van der Waals surface area contributed by atoms with Gasteiger partial charge >= 0.3 is 5.97 Å². The van der Waals surface area contributed by atoms with Crippen molar-refractivity contribution in [2.24, 2.45) is 0 Å². The van der Waals surface area contributed by atoms with Gasteiger partial charge in [0.2, 0.25) is 5.67 Å². The Balaban J connectivity index is 1.65. The number of carbonyl (C=O) groups is 1. The van der Waals surface area contributed by atoms with Gasteiger partial charge in [-0.1, -0.05) is 6.07 Å². The smallest absolute Gasteiger partial charge is 0.345 e. The van der Waals surface area contributed by atoms with Gasteiger partial charge < -0.3 is 4.74 Å². The number of carbonyl (C=O) groups excluding carboxylic acids is 1. The van der Waals surface area contributed by atoms with Crippen LogP contribution in [0.2, 0.25) is 0 Å². The zero-order valence-electron chi connectivity index (χ0n) is 11.5. The molecule has 0 saturated carbocycles. The molecule has 0 N–H and O–H groups in total. The normalized spacial score (nSPS) is 22.6. The lowest BCUT2D eigenvalue weighted by atomic mass is 10.1. The molecule has 1 fully saturated rings. The standard InChI is InChI=1S/C14H15FN2O2S2/c1-19-13(18)14(15)4-5-17(9-14)8-10-7-16-12(21-10)11-3-2-6-20-11/h2-3,6-7H,4-5,8-9H2,1H3/t14-/m0/s1. The highest BCUT2D eigenvalue weighted by atomic mass is 32.1. The second-order valence-corrected chi connectivity index (χ2v) is 7.09. The van der Waals surface area contributed by atoms with Crippen LogP contribution in [0, 0.1) is 0 Å². The summed E-state index contributed by atoms with van der Waals surface area (Å²) in [5.74, 6) is -0.770. The second-order valence-electron chi connectivity index (χ2n) is 5.03. The maximum absolute atomic E-state index is 14.4. The molecule has 1 aliphatic rings. The summed E-state index contributed by atoms with van der Waals surface area (Å²) in [6, 6.07) is 4.03. The lowest BCUT2D eigenvalue weighted by Crippen LogP contribution is -2.37. The summed E-state index contributed by atoms with van der Waals surface area (Å²) in [7, 11) is 1.23. The van der Waals surface area contributed by atoms with Crippen LogP contribution in [0.15, 0.2) is 23.7 Å². The number of alkyl halides is 1. The molecule has 7 heteroatoms. The molecule has 112 valence electrons. The second kappa shape index (κ2) is 5.82. The van der Waals surface area contributed by atoms with E-state index in [9.17, 15) is 9.18 Å². The van der Waals surface area contributed by atoms with Crippen molar-refractivity contribution in [1.29, 1.82) is 0 Å². The van der Waals surface area contributed by atoms with Gasteiger partial charge in [0.05, 0.1) is 12.0 Å². The first-order valence-electron chi connectivity index (χ1n) is 6.59. The number of hydrogen-bond acceptors (Lipinski definition) is 6. The third-order valence-electron chi connectivity index (χ3n) is 3.51. The lowest BCUT2D eigenvalue weighted by molar-refractivity contribution is -0.153. The summed E-state index contributed by atoms with van der Waals surface area (Å²) in [6.45, 7) is 1.26. The molecule has 0 spiro atoms. The van der Waals surface area contributed by atoms with Crippen molar-refractivity contribution in [3.05, 3.63) is 28.6 Å². The van der Waals surface area contributed by atoms with Gasteiger partial charge in [-0.05, 0) is 11.4 Å². The Morgan fingerprint density at radius 1 is 1.62 bits per heavy atom. The first kappa shape index (κ1) is 14.6. The van der Waals surface area contributed by atoms with E-state index in [1.807, 2.05) is 28.6 Å². The number of likely N-dealkylation sites (tertiary alicyclic amines) is 1. The molecular formula is C14H15FN2O2S2. The maximum atomic E-state index is 14.4. The number of nitrogens with zero attached hydrogens (tertiary/aromatic N) is 2. The van der Waals surface area contributed by atoms with E-state index in [1.54, 1.807) is 22.7 Å². The Kier molecular flexibility index (Phi) is 4.05. The Hall–Kier alpha value is -1.31. The van der Waals surface area contributed by atoms with Crippen LogP contribution in [0.5, 0.6) is 0 Å². The summed E-state index contributed by atoms with van der Waals surface area (Å²) in [5, 5.41) is 3.00. The number of hydrogen-bond donors (Lipinski definition) is 0. The van der Waals surface area contributed by atoms with Crippen molar-refractivity contribution in [2.45, 2.75) is 18.6 Å². The minimum absolute atomic E-state index is 0.0892. The Labute approximate surface area is 130 Å². The highest BCUT2D eigenvalue weighted by molar-refractivity contribution is 7.20. The number of methoxy groups -OCH3 is 1. The SMILES string of the molecule is COC(=O)[C@]1(F)CCN(Cc2cnc(-c3cccs3)s2)C1. The third kappa shape index (κ3) is 3.00. The van der Waals surface area contributed by atoms with E-state index in [4.69, 9.17) is 0 Å². The summed E-state index contributed by atoms with van der Waals surface area (Å²) in [5.41, 5.74) is -1.87. The fourth-order valence-corrected chi connectivity index (χ4v) is 4.21. The quantitative estimate of drug-likeness (QED) is 0.810. The summed E-state index contributed by atoms with van der Waals surface area (Å²) < 4.78 is 18.9. The molecule has 1 saturated heterocycles. The van der Waals surface area contributed by atoms with E-state index in [-0.39, 0.29) is 13.0 Å². The first-order valence-corrected chi connectivity index (χ1v) is 8.28. The zero-order chi connectivity index (χ0) is 14.9. The molecule has 0 unspecified atom stereocenters. The minimum Gasteiger partial charge on any atom is -0.467 e. The molecule has 1 atom stereocenters. The number of aromatic nitrogens is 1. The van der Waals surface area contributed by atoms with E-state index >= 15 is 0 Å². The topological polar surface area (TPSA) is 42.4 Å². The van der Waals surface area contributed by atoms with Gasteiger partial charge in [-0.2, -0.15) is 0 Å². The van der Waals surface area contributed by atoms with Crippen LogP contribution in [0.25, 0.3) is 9.88 Å². The van der Waals surface area contributed by atoms with E-state index in [0.29, 0.717) is 13.1 Å².